The summed E-state index contributed by atoms with van der Waals surface area (Å²) in [5, 5.41) is 16.3. The first kappa shape index (κ1) is 6.86. The molecule has 0 radical (unpaired) electrons. The molecule has 0 saturated carbocycles. The van der Waals surface area contributed by atoms with Gasteiger partial charge in [0.1, 0.15) is 0 Å². The Kier molecular flexibility index (Phi) is 1.49. The number of aryl methyl sites for hydroxylation is 1. The van der Waals surface area contributed by atoms with Gasteiger partial charge in [0.2, 0.25) is 0 Å². The number of pyridine rings is 1. The second-order valence-electron chi connectivity index (χ2n) is 2.32. The highest BCUT2D eigenvalue weighted by Crippen LogP contribution is 1.96. The van der Waals surface area contributed by atoms with Crippen molar-refractivity contribution >= 4 is 0 Å². The van der Waals surface area contributed by atoms with Crippen molar-refractivity contribution in [2.75, 3.05) is 0 Å². The maximum absolute atomic E-state index is 8.95. The molecule has 2 N–H and O–H groups in total. The Bertz CT molecular complexity index is 301. The molecule has 10 heavy (non-hydrogen) atoms. The van der Waals surface area contributed by atoms with Crippen LogP contribution in [0.2, 0.25) is 0 Å². The van der Waals surface area contributed by atoms with Gasteiger partial charge in [-0.1, -0.05) is 0 Å². The quantitative estimate of drug-likeness (QED) is 0.512. The summed E-state index contributed by atoms with van der Waals surface area (Å²) in [6, 6.07) is 1.77. The zero-order chi connectivity index (χ0) is 7.72. The summed E-state index contributed by atoms with van der Waals surface area (Å²) in [5.74, 6) is 0. The predicted octanol–water partition coefficient (Wildman–Crippen LogP) is 0.822. The highest BCUT2D eigenvalue weighted by molar-refractivity contribution is 5.18. The van der Waals surface area contributed by atoms with Crippen LogP contribution in [0.25, 0.3) is 0 Å². The Morgan fingerprint density at radius 1 is 1.50 bits per heavy atom. The van der Waals surface area contributed by atoms with Crippen molar-refractivity contribution < 1.29 is 5.21 Å². The van der Waals surface area contributed by atoms with Crippen LogP contribution in [0.3, 0.4) is 0 Å². The van der Waals surface area contributed by atoms with Gasteiger partial charge in [0.25, 0.3) is 0 Å². The van der Waals surface area contributed by atoms with E-state index in [4.69, 9.17) is 10.6 Å². The Labute approximate surface area is 59.0 Å². The monoisotopic (exact) mass is 138 g/mol. The van der Waals surface area contributed by atoms with Gasteiger partial charge < -0.3 is 5.21 Å². The molecule has 1 heterocycles. The summed E-state index contributed by atoms with van der Waals surface area (Å²) in [7, 11) is 0. The van der Waals surface area contributed by atoms with Crippen LogP contribution >= 0.6 is 0 Å². The molecule has 3 nitrogen and oxygen atoms in total. The number of hydrogen-bond acceptors (Lipinski definition) is 2. The molecular formula is C7H10N2O. The Morgan fingerprint density at radius 2 is 2.10 bits per heavy atom. The van der Waals surface area contributed by atoms with Crippen molar-refractivity contribution in [2.45, 2.75) is 13.8 Å². The maximum atomic E-state index is 8.95. The van der Waals surface area contributed by atoms with Gasteiger partial charge >= 0.3 is 0 Å². The molecule has 54 valence electrons. The molecule has 0 bridgehead atoms. The largest absolute Gasteiger partial charge is 0.427 e. The molecule has 0 aromatic carbocycles. The second-order valence-corrected chi connectivity index (χ2v) is 2.32. The lowest BCUT2D eigenvalue weighted by Gasteiger charge is -2.01. The minimum atomic E-state index is 0.153. The Balaban J connectivity index is 3.50. The standard InChI is InChI=1S/C7H10N2O/c1-5-3-4-9(10)7(8)6(5)2/h3-4,8,10H,1-2H3. The van der Waals surface area contributed by atoms with Gasteiger partial charge in [0, 0.05) is 6.20 Å². The van der Waals surface area contributed by atoms with Crippen LogP contribution in [0.15, 0.2) is 12.3 Å². The van der Waals surface area contributed by atoms with Crippen molar-refractivity contribution in [3.05, 3.63) is 28.9 Å². The van der Waals surface area contributed by atoms with E-state index in [0.717, 1.165) is 15.9 Å². The number of nitrogens with one attached hydrogen (secondary N) is 1. The molecule has 3 heteroatoms. The lowest BCUT2D eigenvalue weighted by atomic mass is 10.2. The normalized spacial score (nSPS) is 9.80. The van der Waals surface area contributed by atoms with Gasteiger partial charge in [-0.15, -0.1) is 0 Å². The van der Waals surface area contributed by atoms with E-state index in [0.29, 0.717) is 0 Å². The van der Waals surface area contributed by atoms with Gasteiger partial charge in [-0.25, -0.2) is 0 Å². The average molecular weight is 138 g/mol. The van der Waals surface area contributed by atoms with E-state index in [2.05, 4.69) is 0 Å². The summed E-state index contributed by atoms with van der Waals surface area (Å²) >= 11 is 0. The number of nitrogens with zero attached hydrogens (tertiary/aromatic N) is 1. The first-order valence-corrected chi connectivity index (χ1v) is 3.05. The first-order chi connectivity index (χ1) is 4.63. The van der Waals surface area contributed by atoms with Crippen LogP contribution in [-0.4, -0.2) is 9.94 Å². The number of hydrogen-bond donors (Lipinski definition) is 2. The van der Waals surface area contributed by atoms with Gasteiger partial charge in [-0.3, -0.25) is 5.41 Å². The van der Waals surface area contributed by atoms with E-state index >= 15 is 0 Å². The predicted molar refractivity (Wildman–Crippen MR) is 36.9 cm³/mol. The Hall–Kier alpha value is -1.25. The van der Waals surface area contributed by atoms with E-state index in [1.165, 1.54) is 6.20 Å². The van der Waals surface area contributed by atoms with E-state index < -0.39 is 0 Å². The molecule has 1 rings (SSSR count). The fourth-order valence-electron chi connectivity index (χ4n) is 0.741. The minimum absolute atomic E-state index is 0.153. The molecule has 0 unspecified atom stereocenters. The molecule has 0 aliphatic heterocycles. The van der Waals surface area contributed by atoms with Crippen molar-refractivity contribution in [1.82, 2.24) is 4.73 Å². The average Bonchev–Trinajstić information content (AvgIpc) is 1.93. The molecule has 1 aromatic heterocycles. The summed E-state index contributed by atoms with van der Waals surface area (Å²) in [5.41, 5.74) is 1.99. The number of aromatic nitrogens is 1. The van der Waals surface area contributed by atoms with E-state index in [1.807, 2.05) is 13.8 Å². The molecule has 0 fully saturated rings. The van der Waals surface area contributed by atoms with E-state index in [-0.39, 0.29) is 5.49 Å². The van der Waals surface area contributed by atoms with Crippen molar-refractivity contribution in [3.63, 3.8) is 0 Å². The summed E-state index contributed by atoms with van der Waals surface area (Å²) in [6.45, 7) is 3.72. The van der Waals surface area contributed by atoms with Crippen molar-refractivity contribution in [1.29, 1.82) is 5.41 Å². The van der Waals surface area contributed by atoms with E-state index in [1.54, 1.807) is 6.07 Å². The topological polar surface area (TPSA) is 49.0 Å². The highest BCUT2D eigenvalue weighted by atomic mass is 16.5. The molecule has 0 saturated heterocycles. The first-order valence-electron chi connectivity index (χ1n) is 3.05. The lowest BCUT2D eigenvalue weighted by molar-refractivity contribution is 0.169. The van der Waals surface area contributed by atoms with Gasteiger partial charge in [0.05, 0.1) is 0 Å². The summed E-state index contributed by atoms with van der Waals surface area (Å²) in [4.78, 5) is 0. The van der Waals surface area contributed by atoms with Crippen LogP contribution < -0.4 is 5.49 Å². The van der Waals surface area contributed by atoms with Crippen molar-refractivity contribution in [2.24, 2.45) is 0 Å². The van der Waals surface area contributed by atoms with Crippen molar-refractivity contribution in [3.8, 4) is 0 Å². The third-order valence-electron chi connectivity index (χ3n) is 1.64. The molecule has 0 spiro atoms. The highest BCUT2D eigenvalue weighted by Gasteiger charge is 1.95. The minimum Gasteiger partial charge on any atom is -0.427 e. The third kappa shape index (κ3) is 0.900. The fourth-order valence-corrected chi connectivity index (χ4v) is 0.741. The molecule has 0 amide bonds. The smallest absolute Gasteiger partial charge is 0.163 e. The van der Waals surface area contributed by atoms with Crippen LogP contribution in [0.4, 0.5) is 0 Å². The zero-order valence-electron chi connectivity index (χ0n) is 6.05. The fraction of sp³-hybridized carbons (Fsp3) is 0.286. The van der Waals surface area contributed by atoms with Crippen LogP contribution in [0.5, 0.6) is 0 Å². The van der Waals surface area contributed by atoms with Gasteiger partial charge in [0.15, 0.2) is 5.49 Å². The molecular weight excluding hydrogens is 128 g/mol. The van der Waals surface area contributed by atoms with Gasteiger partial charge in [-0.2, -0.15) is 4.73 Å². The van der Waals surface area contributed by atoms with Crippen LogP contribution in [-0.2, 0) is 0 Å². The Morgan fingerprint density at radius 3 is 2.60 bits per heavy atom. The van der Waals surface area contributed by atoms with Crippen LogP contribution in [0, 0.1) is 19.3 Å². The maximum Gasteiger partial charge on any atom is 0.163 e. The SMILES string of the molecule is Cc1ccn(O)c(=N)c1C. The number of rotatable bonds is 0. The summed E-state index contributed by atoms with van der Waals surface area (Å²) in [6.07, 6.45) is 1.46. The molecule has 0 atom stereocenters. The zero-order valence-corrected chi connectivity index (χ0v) is 6.05. The molecule has 0 aliphatic carbocycles. The van der Waals surface area contributed by atoms with Crippen LogP contribution in [0.1, 0.15) is 11.1 Å². The second kappa shape index (κ2) is 2.17. The molecule has 0 aliphatic rings. The lowest BCUT2D eigenvalue weighted by Crippen LogP contribution is -2.20. The molecule has 1 aromatic rings. The van der Waals surface area contributed by atoms with E-state index in [9.17, 15) is 0 Å². The third-order valence-corrected chi connectivity index (χ3v) is 1.64. The van der Waals surface area contributed by atoms with Gasteiger partial charge in [-0.05, 0) is 31.0 Å². The summed E-state index contributed by atoms with van der Waals surface area (Å²) < 4.78 is 0.808.